The van der Waals surface area contributed by atoms with Crippen molar-refractivity contribution in [3.05, 3.63) is 23.8 Å². The normalized spacial score (nSPS) is 34.7. The minimum absolute atomic E-state index is 0.326. The van der Waals surface area contributed by atoms with E-state index in [4.69, 9.17) is 23.2 Å². The van der Waals surface area contributed by atoms with Gasteiger partial charge in [-0.15, -0.1) is 11.6 Å². The van der Waals surface area contributed by atoms with Gasteiger partial charge in [-0.3, -0.25) is 4.79 Å². The zero-order chi connectivity index (χ0) is 9.35. The van der Waals surface area contributed by atoms with Gasteiger partial charge < -0.3 is 0 Å². The Morgan fingerprint density at radius 1 is 1.67 bits per heavy atom. The molecule has 0 heterocycles. The lowest BCUT2D eigenvalue weighted by Crippen LogP contribution is -2.34. The minimum atomic E-state index is -0.748. The van der Waals surface area contributed by atoms with Crippen molar-refractivity contribution < 1.29 is 4.79 Å². The van der Waals surface area contributed by atoms with Crippen LogP contribution in [-0.4, -0.2) is 10.6 Å². The zero-order valence-corrected chi connectivity index (χ0v) is 8.49. The molecule has 2 unspecified atom stereocenters. The molecule has 0 saturated carbocycles. The fourth-order valence-electron chi connectivity index (χ4n) is 1.21. The van der Waals surface area contributed by atoms with Crippen LogP contribution in [0.5, 0.6) is 0 Å². The number of carbonyl (C=O) groups is 1. The third kappa shape index (κ3) is 1.44. The molecular formula is C9H10Cl2O. The number of carbonyl (C=O) groups excluding carboxylic acids is 1. The summed E-state index contributed by atoms with van der Waals surface area (Å²) in [6.07, 6.45) is 5.45. The van der Waals surface area contributed by atoms with E-state index in [1.165, 1.54) is 0 Å². The third-order valence-electron chi connectivity index (χ3n) is 2.15. The highest BCUT2D eigenvalue weighted by Crippen LogP contribution is 2.37. The molecule has 1 aliphatic rings. The number of hydrogen-bond acceptors (Lipinski definition) is 1. The lowest BCUT2D eigenvalue weighted by Gasteiger charge is -2.29. The number of hydrogen-bond donors (Lipinski definition) is 0. The first-order valence-electron chi connectivity index (χ1n) is 3.68. The number of allylic oxidation sites excluding steroid dienone is 4. The molecule has 0 radical (unpaired) electrons. The first kappa shape index (κ1) is 9.82. The van der Waals surface area contributed by atoms with Gasteiger partial charge >= 0.3 is 0 Å². The second-order valence-corrected chi connectivity index (χ2v) is 3.97. The van der Waals surface area contributed by atoms with Gasteiger partial charge in [-0.25, -0.2) is 0 Å². The number of rotatable bonds is 1. The van der Waals surface area contributed by atoms with E-state index < -0.39 is 10.7 Å². The maximum Gasteiger partial charge on any atom is 0.233 e. The highest BCUT2D eigenvalue weighted by atomic mass is 35.5. The van der Waals surface area contributed by atoms with Gasteiger partial charge in [0.2, 0.25) is 5.24 Å². The van der Waals surface area contributed by atoms with Crippen LogP contribution in [0.1, 0.15) is 13.8 Å². The predicted molar refractivity (Wildman–Crippen MR) is 51.5 cm³/mol. The molecule has 1 nitrogen and oxygen atoms in total. The van der Waals surface area contributed by atoms with Gasteiger partial charge in [0.1, 0.15) is 0 Å². The topological polar surface area (TPSA) is 17.1 Å². The highest BCUT2D eigenvalue weighted by molar-refractivity contribution is 6.65. The summed E-state index contributed by atoms with van der Waals surface area (Å²) in [4.78, 5) is 11.1. The Balaban J connectivity index is 3.03. The lowest BCUT2D eigenvalue weighted by atomic mass is 9.81. The predicted octanol–water partition coefficient (Wildman–Crippen LogP) is 2.88. The molecule has 1 rings (SSSR count). The molecule has 66 valence electrons. The number of halogens is 2. The third-order valence-corrected chi connectivity index (χ3v) is 3.36. The van der Waals surface area contributed by atoms with E-state index in [9.17, 15) is 4.79 Å². The van der Waals surface area contributed by atoms with Crippen LogP contribution in [0.3, 0.4) is 0 Å². The van der Waals surface area contributed by atoms with Gasteiger partial charge in [-0.2, -0.15) is 0 Å². The van der Waals surface area contributed by atoms with Gasteiger partial charge in [0.25, 0.3) is 0 Å². The molecule has 0 bridgehead atoms. The van der Waals surface area contributed by atoms with E-state index in [2.05, 4.69) is 0 Å². The summed E-state index contributed by atoms with van der Waals surface area (Å²) in [6, 6.07) is 0. The standard InChI is InChI=1S/C9H10Cl2O/c1-6-4-3-5-9(2,7(6)10)8(11)12/h3-5,7H,1-2H3. The SMILES string of the molecule is CC1=CC=CC(C)(C(=O)Cl)C1Cl. The molecule has 12 heavy (non-hydrogen) atoms. The van der Waals surface area contributed by atoms with Crippen molar-refractivity contribution in [2.75, 3.05) is 0 Å². The van der Waals surface area contributed by atoms with Crippen molar-refractivity contribution >= 4 is 28.4 Å². The van der Waals surface area contributed by atoms with Crippen LogP contribution in [0.4, 0.5) is 0 Å². The summed E-state index contributed by atoms with van der Waals surface area (Å²) in [5.74, 6) is 0. The van der Waals surface area contributed by atoms with Crippen LogP contribution in [0.15, 0.2) is 23.8 Å². The van der Waals surface area contributed by atoms with Crippen LogP contribution in [0, 0.1) is 5.41 Å². The number of alkyl halides is 1. The molecule has 0 saturated heterocycles. The molecule has 0 aromatic carbocycles. The molecule has 0 aliphatic heterocycles. The Morgan fingerprint density at radius 3 is 2.67 bits per heavy atom. The maximum absolute atomic E-state index is 11.1. The van der Waals surface area contributed by atoms with Crippen molar-refractivity contribution in [2.24, 2.45) is 5.41 Å². The maximum atomic E-state index is 11.1. The summed E-state index contributed by atoms with van der Waals surface area (Å²) in [6.45, 7) is 3.63. The quantitative estimate of drug-likeness (QED) is 0.475. The second-order valence-electron chi connectivity index (χ2n) is 3.19. The van der Waals surface area contributed by atoms with Crippen LogP contribution >= 0.6 is 23.2 Å². The van der Waals surface area contributed by atoms with E-state index in [0.717, 1.165) is 5.57 Å². The summed E-state index contributed by atoms with van der Waals surface area (Å²) >= 11 is 11.5. The van der Waals surface area contributed by atoms with Gasteiger partial charge in [-0.1, -0.05) is 23.8 Å². The van der Waals surface area contributed by atoms with Crippen molar-refractivity contribution in [1.82, 2.24) is 0 Å². The summed E-state index contributed by atoms with van der Waals surface area (Å²) in [5.41, 5.74) is 0.220. The molecule has 0 fully saturated rings. The molecule has 0 spiro atoms. The van der Waals surface area contributed by atoms with E-state index in [1.54, 1.807) is 13.0 Å². The van der Waals surface area contributed by atoms with Crippen LogP contribution in [0.25, 0.3) is 0 Å². The summed E-state index contributed by atoms with van der Waals surface area (Å²) in [7, 11) is 0. The van der Waals surface area contributed by atoms with Gasteiger partial charge in [-0.05, 0) is 25.4 Å². The summed E-state index contributed by atoms with van der Waals surface area (Å²) in [5, 5.41) is -0.737. The van der Waals surface area contributed by atoms with Crippen LogP contribution in [-0.2, 0) is 4.79 Å². The minimum Gasteiger partial charge on any atom is -0.280 e. The van der Waals surface area contributed by atoms with E-state index in [-0.39, 0.29) is 5.38 Å². The van der Waals surface area contributed by atoms with Crippen molar-refractivity contribution in [3.8, 4) is 0 Å². The molecule has 3 heteroatoms. The molecule has 0 aromatic rings. The largest absolute Gasteiger partial charge is 0.280 e. The van der Waals surface area contributed by atoms with Gasteiger partial charge in [0, 0.05) is 0 Å². The Morgan fingerprint density at radius 2 is 2.25 bits per heavy atom. The average molecular weight is 205 g/mol. The van der Waals surface area contributed by atoms with Crippen LogP contribution < -0.4 is 0 Å². The Kier molecular flexibility index (Phi) is 2.64. The van der Waals surface area contributed by atoms with Crippen molar-refractivity contribution in [2.45, 2.75) is 19.2 Å². The molecular weight excluding hydrogens is 195 g/mol. The Bertz CT molecular complexity index is 268. The lowest BCUT2D eigenvalue weighted by molar-refractivity contribution is -0.117. The molecule has 2 atom stereocenters. The second kappa shape index (κ2) is 3.23. The van der Waals surface area contributed by atoms with Crippen LogP contribution in [0.2, 0.25) is 0 Å². The van der Waals surface area contributed by atoms with Gasteiger partial charge in [0.05, 0.1) is 10.8 Å². The highest BCUT2D eigenvalue weighted by Gasteiger charge is 2.38. The Hall–Kier alpha value is -0.270. The Labute approximate surface area is 82.0 Å². The fraction of sp³-hybridized carbons (Fsp3) is 0.444. The van der Waals surface area contributed by atoms with Crippen molar-refractivity contribution in [3.63, 3.8) is 0 Å². The fourth-order valence-corrected chi connectivity index (χ4v) is 1.68. The van der Waals surface area contributed by atoms with E-state index in [1.807, 2.05) is 19.1 Å². The smallest absolute Gasteiger partial charge is 0.233 e. The molecule has 0 N–H and O–H groups in total. The molecule has 0 amide bonds. The average Bonchev–Trinajstić information content (AvgIpc) is 2.00. The first-order valence-corrected chi connectivity index (χ1v) is 4.50. The van der Waals surface area contributed by atoms with Gasteiger partial charge in [0.15, 0.2) is 0 Å². The van der Waals surface area contributed by atoms with Crippen molar-refractivity contribution in [1.29, 1.82) is 0 Å². The van der Waals surface area contributed by atoms with E-state index in [0.29, 0.717) is 0 Å². The monoisotopic (exact) mass is 204 g/mol. The van der Waals surface area contributed by atoms with E-state index >= 15 is 0 Å². The first-order chi connectivity index (χ1) is 5.48. The zero-order valence-electron chi connectivity index (χ0n) is 6.97. The molecule has 0 aromatic heterocycles. The molecule has 1 aliphatic carbocycles. The summed E-state index contributed by atoms with van der Waals surface area (Å²) < 4.78 is 0.